The van der Waals surface area contributed by atoms with E-state index in [9.17, 15) is 19.2 Å². The molecule has 0 bridgehead atoms. The minimum absolute atomic E-state index is 0.0613. The third-order valence-corrected chi connectivity index (χ3v) is 6.47. The number of alkyl carbamates (subject to hydrolysis) is 1. The highest BCUT2D eigenvalue weighted by Gasteiger charge is 2.29. The van der Waals surface area contributed by atoms with Crippen molar-refractivity contribution in [3.05, 3.63) is 108 Å². The summed E-state index contributed by atoms with van der Waals surface area (Å²) in [7, 11) is 0. The molecule has 0 unspecified atom stereocenters. The number of ether oxygens (including phenoxy) is 1. The fourth-order valence-electron chi connectivity index (χ4n) is 4.39. The number of amides is 3. The molecule has 224 valence electrons. The van der Waals surface area contributed by atoms with Gasteiger partial charge in [-0.2, -0.15) is 0 Å². The second kappa shape index (κ2) is 17.1. The van der Waals surface area contributed by atoms with E-state index in [0.29, 0.717) is 12.8 Å². The Hall–Kier alpha value is -4.90. The third-order valence-electron chi connectivity index (χ3n) is 6.47. The van der Waals surface area contributed by atoms with Gasteiger partial charge in [0.15, 0.2) is 0 Å². The Labute approximate surface area is 253 Å². The lowest BCUT2D eigenvalue weighted by Gasteiger charge is -2.25. The average molecular weight is 582 g/mol. The van der Waals surface area contributed by atoms with Crippen molar-refractivity contribution in [1.29, 1.82) is 0 Å². The predicted octanol–water partition coefficient (Wildman–Crippen LogP) is 4.37. The van der Waals surface area contributed by atoms with E-state index >= 15 is 0 Å². The first-order chi connectivity index (χ1) is 20.7. The van der Waals surface area contributed by atoms with Crippen LogP contribution in [-0.2, 0) is 38.6 Å². The first kappa shape index (κ1) is 32.6. The highest BCUT2D eigenvalue weighted by molar-refractivity contribution is 5.94. The van der Waals surface area contributed by atoms with Crippen LogP contribution < -0.4 is 16.0 Å². The number of carbonyl (C=O) groups is 4. The molecule has 0 aliphatic heterocycles. The molecule has 0 saturated heterocycles. The number of nitrogens with one attached hydrogen (secondary N) is 3. The maximum Gasteiger partial charge on any atom is 0.408 e. The molecule has 0 fully saturated rings. The van der Waals surface area contributed by atoms with Crippen LogP contribution in [-0.4, -0.2) is 41.8 Å². The van der Waals surface area contributed by atoms with Crippen molar-refractivity contribution in [2.45, 2.75) is 64.8 Å². The minimum atomic E-state index is -0.968. The Morgan fingerprint density at radius 1 is 0.674 bits per heavy atom. The van der Waals surface area contributed by atoms with Gasteiger partial charge in [0.1, 0.15) is 18.7 Å². The van der Waals surface area contributed by atoms with Crippen LogP contribution in [0, 0.1) is 17.8 Å². The molecule has 0 spiro atoms. The third kappa shape index (κ3) is 12.2. The van der Waals surface area contributed by atoms with Gasteiger partial charge in [0.2, 0.25) is 17.6 Å². The molecule has 3 rings (SSSR count). The Kier molecular flexibility index (Phi) is 13.0. The van der Waals surface area contributed by atoms with Crippen molar-refractivity contribution in [3.8, 4) is 11.8 Å². The van der Waals surface area contributed by atoms with Crippen LogP contribution in [0.25, 0.3) is 0 Å². The van der Waals surface area contributed by atoms with Gasteiger partial charge in [-0.1, -0.05) is 111 Å². The molecule has 0 radical (unpaired) electrons. The summed E-state index contributed by atoms with van der Waals surface area (Å²) in [4.78, 5) is 51.4. The van der Waals surface area contributed by atoms with Crippen molar-refractivity contribution in [2.24, 2.45) is 5.92 Å². The molecule has 3 aromatic carbocycles. The van der Waals surface area contributed by atoms with E-state index in [1.54, 1.807) is 0 Å². The monoisotopic (exact) mass is 581 g/mol. The molecule has 43 heavy (non-hydrogen) atoms. The average Bonchev–Trinajstić information content (AvgIpc) is 2.99. The van der Waals surface area contributed by atoms with E-state index in [4.69, 9.17) is 4.74 Å². The molecule has 3 N–H and O–H groups in total. The number of carbonyl (C=O) groups excluding carboxylic acids is 4. The Bertz CT molecular complexity index is 1400. The summed E-state index contributed by atoms with van der Waals surface area (Å²) < 4.78 is 5.34. The van der Waals surface area contributed by atoms with Gasteiger partial charge in [-0.05, 0) is 34.9 Å². The van der Waals surface area contributed by atoms with Crippen LogP contribution in [0.5, 0.6) is 0 Å². The smallest absolute Gasteiger partial charge is 0.408 e. The second-order valence-electron chi connectivity index (χ2n) is 10.7. The Morgan fingerprint density at radius 2 is 1.19 bits per heavy atom. The van der Waals surface area contributed by atoms with E-state index in [1.165, 1.54) is 6.92 Å². The van der Waals surface area contributed by atoms with Crippen molar-refractivity contribution in [1.82, 2.24) is 16.0 Å². The highest BCUT2D eigenvalue weighted by Crippen LogP contribution is 2.10. The zero-order valence-electron chi connectivity index (χ0n) is 24.8. The van der Waals surface area contributed by atoms with Gasteiger partial charge in [-0.3, -0.25) is 14.4 Å². The number of rotatable bonds is 13. The van der Waals surface area contributed by atoms with E-state index < -0.39 is 36.0 Å². The maximum absolute atomic E-state index is 13.7. The number of hydrogen-bond donors (Lipinski definition) is 3. The number of hydrogen-bond acceptors (Lipinski definition) is 5. The zero-order valence-corrected chi connectivity index (χ0v) is 24.8. The Morgan fingerprint density at radius 3 is 1.72 bits per heavy atom. The summed E-state index contributed by atoms with van der Waals surface area (Å²) in [5.41, 5.74) is 2.59. The van der Waals surface area contributed by atoms with E-state index in [-0.39, 0.29) is 24.7 Å². The van der Waals surface area contributed by atoms with Crippen molar-refractivity contribution < 1.29 is 23.9 Å². The molecule has 0 heterocycles. The van der Waals surface area contributed by atoms with Crippen LogP contribution in [0.1, 0.15) is 43.9 Å². The summed E-state index contributed by atoms with van der Waals surface area (Å²) in [5.74, 6) is 4.19. The fraction of sp³-hybridized carbons (Fsp3) is 0.314. The molecule has 0 aromatic heterocycles. The number of Topliss-reactive ketones (excluding diaryl/α,β-unsaturated/α-hetero) is 1. The maximum atomic E-state index is 13.7. The van der Waals surface area contributed by atoms with Crippen LogP contribution in [0.3, 0.4) is 0 Å². The Balaban J connectivity index is 1.77. The molecular weight excluding hydrogens is 542 g/mol. The molecule has 0 saturated carbocycles. The van der Waals surface area contributed by atoms with Crippen molar-refractivity contribution in [3.63, 3.8) is 0 Å². The van der Waals surface area contributed by atoms with Crippen LogP contribution in [0.15, 0.2) is 91.0 Å². The lowest BCUT2D eigenvalue weighted by Crippen LogP contribution is -2.56. The fourth-order valence-corrected chi connectivity index (χ4v) is 4.39. The molecule has 3 atom stereocenters. The van der Waals surface area contributed by atoms with Crippen molar-refractivity contribution in [2.75, 3.05) is 0 Å². The SMILES string of the molecule is CC(=O)C#C[C@H](Cc1ccccc1)NC(=O)[C@H](Cc1ccccc1)NC(=O)[C@H](CC(C)C)NC(=O)OCc1ccccc1. The first-order valence-corrected chi connectivity index (χ1v) is 14.4. The van der Waals surface area contributed by atoms with Gasteiger partial charge in [-0.15, -0.1) is 0 Å². The molecule has 0 aliphatic rings. The van der Waals surface area contributed by atoms with E-state index in [0.717, 1.165) is 16.7 Å². The lowest BCUT2D eigenvalue weighted by molar-refractivity contribution is -0.130. The topological polar surface area (TPSA) is 114 Å². The quantitative estimate of drug-likeness (QED) is 0.205. The zero-order chi connectivity index (χ0) is 31.0. The summed E-state index contributed by atoms with van der Waals surface area (Å²) in [6.07, 6.45) is 0.205. The predicted molar refractivity (Wildman–Crippen MR) is 166 cm³/mol. The molecule has 0 aliphatic carbocycles. The van der Waals surface area contributed by atoms with Gasteiger partial charge in [0, 0.05) is 19.8 Å². The van der Waals surface area contributed by atoms with Gasteiger partial charge < -0.3 is 20.7 Å². The first-order valence-electron chi connectivity index (χ1n) is 14.4. The molecule has 3 aromatic rings. The van der Waals surface area contributed by atoms with Gasteiger partial charge in [-0.25, -0.2) is 4.79 Å². The highest BCUT2D eigenvalue weighted by atomic mass is 16.5. The normalized spacial score (nSPS) is 12.6. The van der Waals surface area contributed by atoms with E-state index in [1.807, 2.05) is 105 Å². The van der Waals surface area contributed by atoms with Crippen LogP contribution in [0.4, 0.5) is 4.79 Å². The number of ketones is 1. The summed E-state index contributed by atoms with van der Waals surface area (Å²) in [5, 5.41) is 8.43. The minimum Gasteiger partial charge on any atom is -0.445 e. The van der Waals surface area contributed by atoms with Gasteiger partial charge in [0.25, 0.3) is 0 Å². The van der Waals surface area contributed by atoms with Crippen molar-refractivity contribution >= 4 is 23.7 Å². The molecular formula is C35H39N3O5. The molecule has 8 heteroatoms. The number of benzene rings is 3. The molecule has 3 amide bonds. The summed E-state index contributed by atoms with van der Waals surface area (Å²) >= 11 is 0. The summed E-state index contributed by atoms with van der Waals surface area (Å²) in [6, 6.07) is 25.5. The van der Waals surface area contributed by atoms with Crippen LogP contribution >= 0.6 is 0 Å². The van der Waals surface area contributed by atoms with Gasteiger partial charge >= 0.3 is 6.09 Å². The lowest BCUT2D eigenvalue weighted by atomic mass is 10.0. The molecule has 8 nitrogen and oxygen atoms in total. The standard InChI is InChI=1S/C35H39N3O5/c1-25(2)21-31(38-35(42)43-24-29-17-11-6-12-18-29)34(41)37-32(23-28-15-9-5-10-16-28)33(40)36-30(20-19-26(3)39)22-27-13-7-4-8-14-27/h4-18,25,30-32H,21-24H2,1-3H3,(H,36,40)(H,37,41)(H,38,42)/t30-,31+,32+/m1/s1. The van der Waals surface area contributed by atoms with Crippen LogP contribution in [0.2, 0.25) is 0 Å². The summed E-state index contributed by atoms with van der Waals surface area (Å²) in [6.45, 7) is 5.30. The van der Waals surface area contributed by atoms with Gasteiger partial charge in [0.05, 0.1) is 6.04 Å². The van der Waals surface area contributed by atoms with E-state index in [2.05, 4.69) is 27.8 Å². The second-order valence-corrected chi connectivity index (χ2v) is 10.7. The largest absolute Gasteiger partial charge is 0.445 e.